The van der Waals surface area contributed by atoms with Gasteiger partial charge in [0.2, 0.25) is 0 Å². The standard InChI is InChI=1S/C23H24N2O7/c1-3-32-18-10-8-15(9-11-18)21(26)19-20(16-6-4-7-17(14-16)25(29)30)24(12-5-13-31-2)23(28)22(19)27/h4,6-11,14,20,26H,3,5,12-13H2,1-2H3/b21-19+. The number of aliphatic hydroxyl groups excluding tert-OH is 1. The van der Waals surface area contributed by atoms with Gasteiger partial charge in [-0.25, -0.2) is 0 Å². The highest BCUT2D eigenvalue weighted by Crippen LogP contribution is 2.40. The minimum atomic E-state index is -0.960. The molecule has 1 aliphatic rings. The van der Waals surface area contributed by atoms with E-state index in [2.05, 4.69) is 0 Å². The summed E-state index contributed by atoms with van der Waals surface area (Å²) in [6.45, 7) is 2.87. The molecule has 0 radical (unpaired) electrons. The summed E-state index contributed by atoms with van der Waals surface area (Å²) < 4.78 is 10.4. The maximum Gasteiger partial charge on any atom is 0.295 e. The van der Waals surface area contributed by atoms with Gasteiger partial charge >= 0.3 is 0 Å². The van der Waals surface area contributed by atoms with Gasteiger partial charge in [0.15, 0.2) is 0 Å². The molecule has 1 aliphatic heterocycles. The predicted molar refractivity (Wildman–Crippen MR) is 116 cm³/mol. The Morgan fingerprint density at radius 1 is 1.19 bits per heavy atom. The molecule has 1 heterocycles. The van der Waals surface area contributed by atoms with Crippen LogP contribution in [-0.4, -0.2) is 53.5 Å². The fraction of sp³-hybridized carbons (Fsp3) is 0.304. The fourth-order valence-electron chi connectivity index (χ4n) is 3.68. The van der Waals surface area contributed by atoms with Crippen LogP contribution in [0, 0.1) is 10.1 Å². The van der Waals surface area contributed by atoms with Crippen molar-refractivity contribution in [2.24, 2.45) is 0 Å². The Bertz CT molecular complexity index is 1050. The van der Waals surface area contributed by atoms with Crippen molar-refractivity contribution in [1.29, 1.82) is 0 Å². The number of aliphatic hydroxyl groups is 1. The minimum absolute atomic E-state index is 0.114. The van der Waals surface area contributed by atoms with Crippen molar-refractivity contribution in [3.63, 3.8) is 0 Å². The van der Waals surface area contributed by atoms with Crippen LogP contribution in [0.5, 0.6) is 5.75 Å². The van der Waals surface area contributed by atoms with E-state index in [0.717, 1.165) is 0 Å². The van der Waals surface area contributed by atoms with Crippen LogP contribution in [0.4, 0.5) is 5.69 Å². The number of benzene rings is 2. The summed E-state index contributed by atoms with van der Waals surface area (Å²) in [5, 5.41) is 22.3. The van der Waals surface area contributed by atoms with E-state index >= 15 is 0 Å². The van der Waals surface area contributed by atoms with Gasteiger partial charge in [-0.15, -0.1) is 0 Å². The number of ether oxygens (including phenoxy) is 2. The van der Waals surface area contributed by atoms with E-state index in [4.69, 9.17) is 9.47 Å². The quantitative estimate of drug-likeness (QED) is 0.158. The van der Waals surface area contributed by atoms with Gasteiger partial charge in [-0.2, -0.15) is 0 Å². The second kappa shape index (κ2) is 10.1. The third-order valence-electron chi connectivity index (χ3n) is 5.12. The number of likely N-dealkylation sites (tertiary alicyclic amines) is 1. The molecule has 3 rings (SSSR count). The van der Waals surface area contributed by atoms with Crippen molar-refractivity contribution in [1.82, 2.24) is 4.90 Å². The first kappa shape index (κ1) is 23.0. The van der Waals surface area contributed by atoms with Gasteiger partial charge in [-0.05, 0) is 43.2 Å². The minimum Gasteiger partial charge on any atom is -0.507 e. The van der Waals surface area contributed by atoms with Crippen LogP contribution in [0.25, 0.3) is 5.76 Å². The lowest BCUT2D eigenvalue weighted by Gasteiger charge is -2.25. The Kier molecular flexibility index (Phi) is 7.21. The van der Waals surface area contributed by atoms with Gasteiger partial charge in [-0.1, -0.05) is 12.1 Å². The van der Waals surface area contributed by atoms with Crippen molar-refractivity contribution in [2.75, 3.05) is 26.9 Å². The van der Waals surface area contributed by atoms with E-state index < -0.39 is 22.7 Å². The molecule has 0 saturated carbocycles. The van der Waals surface area contributed by atoms with Gasteiger partial charge in [0.05, 0.1) is 23.1 Å². The highest BCUT2D eigenvalue weighted by molar-refractivity contribution is 6.46. The van der Waals surface area contributed by atoms with E-state index in [1.165, 1.54) is 30.2 Å². The summed E-state index contributed by atoms with van der Waals surface area (Å²) in [5.74, 6) is -1.37. The maximum atomic E-state index is 12.9. The number of carbonyl (C=O) groups is 2. The fourth-order valence-corrected chi connectivity index (χ4v) is 3.68. The monoisotopic (exact) mass is 440 g/mol. The number of hydrogen-bond donors (Lipinski definition) is 1. The first-order valence-corrected chi connectivity index (χ1v) is 10.1. The first-order chi connectivity index (χ1) is 15.4. The number of ketones is 1. The summed E-state index contributed by atoms with van der Waals surface area (Å²) in [7, 11) is 1.53. The SMILES string of the molecule is CCOc1ccc(/C(O)=C2\C(=O)C(=O)N(CCCOC)C2c2cccc([N+](=O)[O-])c2)cc1. The lowest BCUT2D eigenvalue weighted by molar-refractivity contribution is -0.384. The Hall–Kier alpha value is -3.72. The number of nitro benzene ring substituents is 1. The molecule has 1 amide bonds. The summed E-state index contributed by atoms with van der Waals surface area (Å²) in [5.41, 5.74) is 0.408. The predicted octanol–water partition coefficient (Wildman–Crippen LogP) is 3.45. The van der Waals surface area contributed by atoms with Crippen molar-refractivity contribution in [2.45, 2.75) is 19.4 Å². The van der Waals surface area contributed by atoms with Crippen LogP contribution in [0.3, 0.4) is 0 Å². The molecule has 2 aromatic rings. The molecule has 1 saturated heterocycles. The van der Waals surface area contributed by atoms with Gasteiger partial charge in [0, 0.05) is 38.0 Å². The number of rotatable bonds is 9. The third-order valence-corrected chi connectivity index (χ3v) is 5.12. The lowest BCUT2D eigenvalue weighted by Crippen LogP contribution is -2.31. The van der Waals surface area contributed by atoms with Gasteiger partial charge in [0.25, 0.3) is 17.4 Å². The average Bonchev–Trinajstić information content (AvgIpc) is 3.04. The Morgan fingerprint density at radius 2 is 1.91 bits per heavy atom. The molecule has 1 atom stereocenters. The molecule has 1 unspecified atom stereocenters. The van der Waals surface area contributed by atoms with Crippen LogP contribution in [0.2, 0.25) is 0 Å². The Labute approximate surface area is 185 Å². The molecule has 168 valence electrons. The highest BCUT2D eigenvalue weighted by atomic mass is 16.6. The smallest absolute Gasteiger partial charge is 0.295 e. The van der Waals surface area contributed by atoms with Crippen LogP contribution in [-0.2, 0) is 14.3 Å². The number of nitrogens with zero attached hydrogens (tertiary/aromatic N) is 2. The number of non-ortho nitro benzene ring substituents is 1. The van der Waals surface area contributed by atoms with Crippen LogP contribution in [0.1, 0.15) is 30.5 Å². The van der Waals surface area contributed by atoms with E-state index in [1.807, 2.05) is 6.92 Å². The molecular weight excluding hydrogens is 416 g/mol. The molecule has 32 heavy (non-hydrogen) atoms. The molecule has 2 aromatic carbocycles. The molecule has 0 aromatic heterocycles. The summed E-state index contributed by atoms with van der Waals surface area (Å²) in [6, 6.07) is 11.2. The van der Waals surface area contributed by atoms with Gasteiger partial charge in [-0.3, -0.25) is 19.7 Å². The van der Waals surface area contributed by atoms with Crippen molar-refractivity contribution < 1.29 is 29.1 Å². The van der Waals surface area contributed by atoms with Gasteiger partial charge < -0.3 is 19.5 Å². The van der Waals surface area contributed by atoms with E-state index in [-0.39, 0.29) is 23.6 Å². The molecule has 0 spiro atoms. The van der Waals surface area contributed by atoms with E-state index in [0.29, 0.717) is 36.5 Å². The zero-order chi connectivity index (χ0) is 23.3. The van der Waals surface area contributed by atoms with Crippen LogP contribution in [0.15, 0.2) is 54.1 Å². The second-order valence-electron chi connectivity index (χ2n) is 7.15. The zero-order valence-electron chi connectivity index (χ0n) is 17.8. The summed E-state index contributed by atoms with van der Waals surface area (Å²) in [4.78, 5) is 37.8. The topological polar surface area (TPSA) is 119 Å². The van der Waals surface area contributed by atoms with E-state index in [9.17, 15) is 24.8 Å². The van der Waals surface area contributed by atoms with Crippen LogP contribution >= 0.6 is 0 Å². The number of hydrogen-bond acceptors (Lipinski definition) is 7. The molecular formula is C23H24N2O7. The highest BCUT2D eigenvalue weighted by Gasteiger charge is 2.46. The average molecular weight is 440 g/mol. The summed E-state index contributed by atoms with van der Waals surface area (Å²) >= 11 is 0. The van der Waals surface area contributed by atoms with Gasteiger partial charge in [0.1, 0.15) is 11.5 Å². The number of Topliss-reactive ketones (excluding diaryl/α,β-unsaturated/α-hetero) is 1. The number of carbonyl (C=O) groups excluding carboxylic acids is 2. The number of nitro groups is 1. The first-order valence-electron chi connectivity index (χ1n) is 10.1. The molecule has 1 N–H and O–H groups in total. The van der Waals surface area contributed by atoms with Crippen molar-refractivity contribution in [3.8, 4) is 5.75 Å². The molecule has 0 bridgehead atoms. The second-order valence-corrected chi connectivity index (χ2v) is 7.15. The normalized spacial score (nSPS) is 17.6. The molecule has 9 nitrogen and oxygen atoms in total. The zero-order valence-corrected chi connectivity index (χ0v) is 17.8. The number of methoxy groups -OCH3 is 1. The van der Waals surface area contributed by atoms with Crippen molar-refractivity contribution in [3.05, 3.63) is 75.3 Å². The summed E-state index contributed by atoms with van der Waals surface area (Å²) in [6.07, 6.45) is 0.456. The Balaban J connectivity index is 2.11. The number of amides is 1. The molecule has 0 aliphatic carbocycles. The lowest BCUT2D eigenvalue weighted by atomic mass is 9.95. The molecule has 1 fully saturated rings. The largest absolute Gasteiger partial charge is 0.507 e. The maximum absolute atomic E-state index is 12.9. The van der Waals surface area contributed by atoms with E-state index in [1.54, 1.807) is 30.3 Å². The Morgan fingerprint density at radius 3 is 2.53 bits per heavy atom. The van der Waals surface area contributed by atoms with Crippen molar-refractivity contribution >= 4 is 23.1 Å². The molecule has 9 heteroatoms. The third kappa shape index (κ3) is 4.62. The van der Waals surface area contributed by atoms with Crippen LogP contribution < -0.4 is 4.74 Å².